The Hall–Kier alpha value is -0.870. The fourth-order valence-electron chi connectivity index (χ4n) is 1.36. The lowest BCUT2D eigenvalue weighted by atomic mass is 10.2. The van der Waals surface area contributed by atoms with E-state index in [0.717, 1.165) is 18.9 Å². The average molecular weight is 260 g/mol. The van der Waals surface area contributed by atoms with E-state index in [-0.39, 0.29) is 5.75 Å². The molecule has 0 saturated heterocycles. The van der Waals surface area contributed by atoms with Crippen molar-refractivity contribution in [1.29, 1.82) is 0 Å². The molecule has 6 heteroatoms. The molecule has 5 nitrogen and oxygen atoms in total. The number of hydrogen-bond donors (Lipinski definition) is 3. The van der Waals surface area contributed by atoms with Crippen LogP contribution in [0.15, 0.2) is 24.3 Å². The highest BCUT2D eigenvalue weighted by Crippen LogP contribution is 2.44. The first-order valence-electron chi connectivity index (χ1n) is 5.27. The molecule has 0 fully saturated rings. The molecular formula is C11H17O5P. The van der Waals surface area contributed by atoms with E-state index in [1.54, 1.807) is 24.3 Å². The van der Waals surface area contributed by atoms with Crippen LogP contribution in [-0.4, -0.2) is 27.1 Å². The zero-order chi connectivity index (χ0) is 13.1. The molecule has 1 aromatic rings. The molecular weight excluding hydrogens is 243 g/mol. The third kappa shape index (κ3) is 5.33. The zero-order valence-corrected chi connectivity index (χ0v) is 10.7. The fraction of sp³-hybridized carbons (Fsp3) is 0.455. The molecule has 1 rings (SSSR count). The van der Waals surface area contributed by atoms with Gasteiger partial charge in [-0.1, -0.05) is 19.1 Å². The molecule has 0 bridgehead atoms. The minimum absolute atomic E-state index is 0.234. The van der Waals surface area contributed by atoms with Crippen LogP contribution in [0.25, 0.3) is 0 Å². The number of rotatable bonds is 5. The third-order valence-corrected chi connectivity index (χ3v) is 3.57. The summed E-state index contributed by atoms with van der Waals surface area (Å²) < 4.78 is 16.4. The van der Waals surface area contributed by atoms with Gasteiger partial charge in [-0.25, -0.2) is 4.57 Å². The van der Waals surface area contributed by atoms with Gasteiger partial charge in [0.15, 0.2) is 5.79 Å². The topological polar surface area (TPSA) is 87.0 Å². The van der Waals surface area contributed by atoms with E-state index < -0.39 is 19.5 Å². The van der Waals surface area contributed by atoms with Crippen molar-refractivity contribution in [3.63, 3.8) is 0 Å². The van der Waals surface area contributed by atoms with Gasteiger partial charge in [0.25, 0.3) is 0 Å². The van der Waals surface area contributed by atoms with E-state index >= 15 is 0 Å². The first kappa shape index (κ1) is 14.2. The Bertz CT molecular complexity index is 407. The second-order valence-electron chi connectivity index (χ2n) is 4.10. The van der Waals surface area contributed by atoms with Gasteiger partial charge in [0, 0.05) is 0 Å². The summed E-state index contributed by atoms with van der Waals surface area (Å²) >= 11 is 0. The molecule has 17 heavy (non-hydrogen) atoms. The minimum atomic E-state index is -4.06. The lowest BCUT2D eigenvalue weighted by molar-refractivity contribution is -0.126. The fourth-order valence-corrected chi connectivity index (χ4v) is 2.63. The smallest absolute Gasteiger partial charge is 0.382 e. The van der Waals surface area contributed by atoms with Crippen LogP contribution in [0.4, 0.5) is 0 Å². The Balaban J connectivity index is 2.72. The zero-order valence-electron chi connectivity index (χ0n) is 9.83. The van der Waals surface area contributed by atoms with Crippen LogP contribution >= 0.6 is 7.60 Å². The monoisotopic (exact) mass is 260 g/mol. The molecule has 1 unspecified atom stereocenters. The van der Waals surface area contributed by atoms with Gasteiger partial charge in [0.1, 0.15) is 11.9 Å². The maximum atomic E-state index is 11.6. The van der Waals surface area contributed by atoms with E-state index in [0.29, 0.717) is 0 Å². The summed E-state index contributed by atoms with van der Waals surface area (Å²) in [4.78, 5) is 9.44. The molecule has 0 aliphatic heterocycles. The van der Waals surface area contributed by atoms with Crippen molar-refractivity contribution >= 4 is 7.60 Å². The second-order valence-corrected chi connectivity index (χ2v) is 5.88. The van der Waals surface area contributed by atoms with Crippen LogP contribution in [0.5, 0.6) is 5.75 Å². The van der Waals surface area contributed by atoms with Gasteiger partial charge >= 0.3 is 7.60 Å². The van der Waals surface area contributed by atoms with Crippen LogP contribution in [0, 0.1) is 0 Å². The first-order valence-corrected chi connectivity index (χ1v) is 7.03. The number of aryl methyl sites for hydroxylation is 1. The highest BCUT2D eigenvalue weighted by Gasteiger charge is 2.32. The number of aliphatic hydroxyl groups is 2. The van der Waals surface area contributed by atoms with Crippen molar-refractivity contribution in [2.45, 2.75) is 26.1 Å². The molecule has 96 valence electrons. The van der Waals surface area contributed by atoms with Gasteiger partial charge in [-0.15, -0.1) is 0 Å². The third-order valence-electron chi connectivity index (χ3n) is 2.08. The molecule has 0 radical (unpaired) electrons. The van der Waals surface area contributed by atoms with Crippen molar-refractivity contribution in [3.8, 4) is 5.75 Å². The molecule has 1 atom stereocenters. The van der Waals surface area contributed by atoms with Gasteiger partial charge in [0.05, 0.1) is 0 Å². The Morgan fingerprint density at radius 2 is 1.82 bits per heavy atom. The van der Waals surface area contributed by atoms with Gasteiger partial charge < -0.3 is 19.6 Å². The average Bonchev–Trinajstić information content (AvgIpc) is 2.14. The maximum Gasteiger partial charge on any atom is 0.382 e. The molecule has 0 saturated carbocycles. The summed E-state index contributed by atoms with van der Waals surface area (Å²) in [6.07, 6.45) is 0.123. The van der Waals surface area contributed by atoms with Crippen LogP contribution in [0.3, 0.4) is 0 Å². The van der Waals surface area contributed by atoms with Crippen molar-refractivity contribution < 1.29 is 24.2 Å². The van der Waals surface area contributed by atoms with E-state index in [9.17, 15) is 9.46 Å². The Morgan fingerprint density at radius 1 is 1.29 bits per heavy atom. The maximum absolute atomic E-state index is 11.6. The van der Waals surface area contributed by atoms with E-state index in [1.165, 1.54) is 0 Å². The highest BCUT2D eigenvalue weighted by molar-refractivity contribution is 7.53. The molecule has 0 heterocycles. The molecule has 0 aromatic heterocycles. The van der Waals surface area contributed by atoms with Gasteiger partial charge in [0.2, 0.25) is 0 Å². The van der Waals surface area contributed by atoms with Crippen molar-refractivity contribution in [2.24, 2.45) is 0 Å². The molecule has 0 amide bonds. The summed E-state index contributed by atoms with van der Waals surface area (Å²) in [5.74, 6) is -1.99. The molecule has 0 aliphatic rings. The Labute approximate surface area is 100 Å². The summed E-state index contributed by atoms with van der Waals surface area (Å²) in [6, 6.07) is 6.72. The summed E-state index contributed by atoms with van der Waals surface area (Å²) in [6.45, 7) is 3.02. The van der Waals surface area contributed by atoms with Crippen molar-refractivity contribution in [2.75, 3.05) is 6.16 Å². The Kier molecular flexibility index (Phi) is 4.33. The van der Waals surface area contributed by atoms with Gasteiger partial charge in [-0.05, 0) is 31.0 Å². The van der Waals surface area contributed by atoms with Crippen LogP contribution in [0.1, 0.15) is 19.4 Å². The normalized spacial score (nSPS) is 15.4. The predicted octanol–water partition coefficient (Wildman–Crippen LogP) is 1.51. The molecule has 3 N–H and O–H groups in total. The second kappa shape index (κ2) is 5.19. The Morgan fingerprint density at radius 3 is 2.24 bits per heavy atom. The van der Waals surface area contributed by atoms with Crippen LogP contribution in [0.2, 0.25) is 0 Å². The molecule has 0 aliphatic carbocycles. The van der Waals surface area contributed by atoms with Gasteiger partial charge in [-0.2, -0.15) is 0 Å². The van der Waals surface area contributed by atoms with E-state index in [4.69, 9.17) is 14.7 Å². The predicted molar refractivity (Wildman–Crippen MR) is 64.0 cm³/mol. The molecule has 0 spiro atoms. The van der Waals surface area contributed by atoms with Crippen molar-refractivity contribution in [1.82, 2.24) is 0 Å². The lowest BCUT2D eigenvalue weighted by Crippen LogP contribution is -2.28. The van der Waals surface area contributed by atoms with Gasteiger partial charge in [-0.3, -0.25) is 0 Å². The summed E-state index contributed by atoms with van der Waals surface area (Å²) in [5.41, 5.74) is 1.08. The largest absolute Gasteiger partial charge is 0.424 e. The van der Waals surface area contributed by atoms with Crippen molar-refractivity contribution in [3.05, 3.63) is 29.8 Å². The first-order chi connectivity index (χ1) is 7.72. The SMILES string of the molecule is CCc1ccc(OP(=O)(O)CC(C)(O)O)cc1. The molecule has 1 aromatic carbocycles. The summed E-state index contributed by atoms with van der Waals surface area (Å²) in [7, 11) is -4.06. The van der Waals surface area contributed by atoms with Crippen LogP contribution < -0.4 is 4.52 Å². The van der Waals surface area contributed by atoms with E-state index in [1.807, 2.05) is 6.92 Å². The summed E-state index contributed by atoms with van der Waals surface area (Å²) in [5, 5.41) is 18.1. The highest BCUT2D eigenvalue weighted by atomic mass is 31.2. The quantitative estimate of drug-likeness (QED) is 0.552. The standard InChI is InChI=1S/C11H17O5P/c1-3-9-4-6-10(7-5-9)16-17(14,15)8-11(2,12)13/h4-7,12-13H,3,8H2,1-2H3,(H,14,15). The van der Waals surface area contributed by atoms with Crippen LogP contribution in [-0.2, 0) is 11.0 Å². The number of benzene rings is 1. The lowest BCUT2D eigenvalue weighted by Gasteiger charge is -2.20. The number of hydrogen-bond acceptors (Lipinski definition) is 4. The van der Waals surface area contributed by atoms with E-state index in [2.05, 4.69) is 0 Å². The minimum Gasteiger partial charge on any atom is -0.424 e.